The SMILES string of the molecule is COc1ccc([C@H](Cc2c(Cl)c[nH+]cc2Cl)OC(=O)c2ccc(CNc3cccc4cn[nH]c34)cc2)cc1OC.[OH-]. The second-order valence-electron chi connectivity index (χ2n) is 9.03. The third kappa shape index (κ3) is 6.71. The van der Waals surface area contributed by atoms with Crippen molar-refractivity contribution in [2.75, 3.05) is 19.5 Å². The molecule has 9 nitrogen and oxygen atoms in total. The molecule has 0 saturated heterocycles. The van der Waals surface area contributed by atoms with Gasteiger partial charge < -0.3 is 25.0 Å². The molecule has 3 aromatic carbocycles. The lowest BCUT2D eigenvalue weighted by Gasteiger charge is -2.20. The van der Waals surface area contributed by atoms with Crippen molar-refractivity contribution in [3.05, 3.63) is 112 Å². The van der Waals surface area contributed by atoms with Crippen molar-refractivity contribution in [1.29, 1.82) is 0 Å². The van der Waals surface area contributed by atoms with Crippen LogP contribution in [0.2, 0.25) is 10.0 Å². The van der Waals surface area contributed by atoms with E-state index in [4.69, 9.17) is 37.4 Å². The average Bonchev–Trinajstić information content (AvgIpc) is 3.47. The van der Waals surface area contributed by atoms with Crippen LogP contribution in [0.1, 0.15) is 33.2 Å². The molecule has 0 spiro atoms. The molecule has 11 heteroatoms. The molecule has 0 unspecified atom stereocenters. The Morgan fingerprint density at radius 3 is 2.44 bits per heavy atom. The zero-order valence-corrected chi connectivity index (χ0v) is 23.8. The Labute approximate surface area is 246 Å². The number of nitrogens with one attached hydrogen (secondary N) is 3. The van der Waals surface area contributed by atoms with Crippen LogP contribution in [0.3, 0.4) is 0 Å². The monoisotopic (exact) mass is 594 g/mol. The predicted octanol–water partition coefficient (Wildman–Crippen LogP) is 6.28. The zero-order chi connectivity index (χ0) is 28.1. The van der Waals surface area contributed by atoms with Crippen LogP contribution in [0, 0.1) is 0 Å². The minimum Gasteiger partial charge on any atom is -0.870 e. The number of methoxy groups -OCH3 is 2. The van der Waals surface area contributed by atoms with Crippen molar-refractivity contribution in [2.24, 2.45) is 0 Å². The van der Waals surface area contributed by atoms with Gasteiger partial charge in [-0.15, -0.1) is 0 Å². The van der Waals surface area contributed by atoms with E-state index >= 15 is 0 Å². The first-order valence-corrected chi connectivity index (χ1v) is 13.2. The summed E-state index contributed by atoms with van der Waals surface area (Å²) in [6.45, 7) is 0.573. The Morgan fingerprint density at radius 1 is 1.00 bits per heavy atom. The summed E-state index contributed by atoms with van der Waals surface area (Å²) in [5, 5.41) is 12.4. The summed E-state index contributed by atoms with van der Waals surface area (Å²) in [4.78, 5) is 16.2. The number of carbonyl (C=O) groups excluding carboxylic acids is 1. The number of aromatic amines is 2. The van der Waals surface area contributed by atoms with Gasteiger partial charge in [-0.2, -0.15) is 5.10 Å². The summed E-state index contributed by atoms with van der Waals surface area (Å²) < 4.78 is 16.9. The largest absolute Gasteiger partial charge is 0.870 e. The summed E-state index contributed by atoms with van der Waals surface area (Å²) in [7, 11) is 3.11. The van der Waals surface area contributed by atoms with Crippen LogP contribution in [-0.2, 0) is 17.7 Å². The standard InChI is InChI=1S/C30H26Cl2N4O4.H2O/c1-38-26-11-10-20(12-28(26)39-2)27(13-22-23(31)16-33-17-24(22)32)40-30(37)19-8-6-18(7-9-19)14-34-25-5-3-4-21-15-35-36-29(21)25;/h3-12,15-17,27,34H,13-14H2,1-2H3,(H,35,36);1H2/t27-;/m0./s1. The smallest absolute Gasteiger partial charge is 0.338 e. The molecule has 0 aliphatic heterocycles. The molecule has 212 valence electrons. The van der Waals surface area contributed by atoms with Gasteiger partial charge in [-0.05, 0) is 41.5 Å². The fourth-order valence-electron chi connectivity index (χ4n) is 4.41. The molecule has 1 atom stereocenters. The van der Waals surface area contributed by atoms with Crippen LogP contribution < -0.4 is 19.8 Å². The summed E-state index contributed by atoms with van der Waals surface area (Å²) in [5.41, 5.74) is 4.68. The van der Waals surface area contributed by atoms with Crippen LogP contribution in [0.25, 0.3) is 10.9 Å². The molecular formula is C30H28Cl2N4O5. The summed E-state index contributed by atoms with van der Waals surface area (Å²) in [6.07, 6.45) is 4.62. The molecule has 0 fully saturated rings. The quantitative estimate of drug-likeness (QED) is 0.182. The number of hydrogen-bond donors (Lipinski definition) is 2. The van der Waals surface area contributed by atoms with E-state index in [-0.39, 0.29) is 11.9 Å². The van der Waals surface area contributed by atoms with E-state index in [0.717, 1.165) is 22.2 Å². The van der Waals surface area contributed by atoms with Crippen LogP contribution in [0.5, 0.6) is 11.5 Å². The van der Waals surface area contributed by atoms with Gasteiger partial charge in [0, 0.05) is 23.9 Å². The van der Waals surface area contributed by atoms with E-state index in [2.05, 4.69) is 20.5 Å². The number of rotatable bonds is 10. The minimum atomic E-state index is -0.694. The lowest BCUT2D eigenvalue weighted by Crippen LogP contribution is -2.16. The highest BCUT2D eigenvalue weighted by molar-refractivity contribution is 6.35. The van der Waals surface area contributed by atoms with Gasteiger partial charge in [0.15, 0.2) is 23.9 Å². The Kier molecular flexibility index (Phi) is 9.67. The normalized spacial score (nSPS) is 11.4. The number of benzene rings is 3. The number of fused-ring (bicyclic) bond motifs is 1. The molecule has 2 aromatic heterocycles. The molecule has 0 saturated carbocycles. The highest BCUT2D eigenvalue weighted by Crippen LogP contribution is 2.35. The molecule has 0 amide bonds. The number of aromatic nitrogens is 3. The van der Waals surface area contributed by atoms with Crippen molar-refractivity contribution < 1.29 is 29.5 Å². The topological polar surface area (TPSA) is 130 Å². The first-order chi connectivity index (χ1) is 19.5. The Morgan fingerprint density at radius 2 is 1.73 bits per heavy atom. The average molecular weight is 595 g/mol. The van der Waals surface area contributed by atoms with Gasteiger partial charge in [0.05, 0.1) is 37.2 Å². The minimum absolute atomic E-state index is 0. The lowest BCUT2D eigenvalue weighted by atomic mass is 10.0. The highest BCUT2D eigenvalue weighted by Gasteiger charge is 2.24. The van der Waals surface area contributed by atoms with E-state index in [1.165, 1.54) is 0 Å². The third-order valence-corrected chi connectivity index (χ3v) is 7.24. The van der Waals surface area contributed by atoms with Gasteiger partial charge in [0.2, 0.25) is 0 Å². The van der Waals surface area contributed by atoms with E-state index in [9.17, 15) is 4.79 Å². The molecule has 4 N–H and O–H groups in total. The Hall–Kier alpha value is -4.31. The first kappa shape index (κ1) is 29.7. The lowest BCUT2D eigenvalue weighted by molar-refractivity contribution is -0.377. The molecule has 5 rings (SSSR count). The van der Waals surface area contributed by atoms with Crippen LogP contribution >= 0.6 is 23.2 Å². The number of carbonyl (C=O) groups is 1. The highest BCUT2D eigenvalue weighted by atomic mass is 35.5. The number of ether oxygens (including phenoxy) is 3. The van der Waals surface area contributed by atoms with Crippen molar-refractivity contribution in [2.45, 2.75) is 19.1 Å². The maximum Gasteiger partial charge on any atom is 0.338 e. The number of esters is 1. The molecule has 0 aliphatic carbocycles. The van der Waals surface area contributed by atoms with Crippen molar-refractivity contribution in [3.8, 4) is 11.5 Å². The Bertz CT molecular complexity index is 1620. The van der Waals surface area contributed by atoms with Gasteiger partial charge in [-0.25, -0.2) is 9.78 Å². The predicted molar refractivity (Wildman–Crippen MR) is 156 cm³/mol. The fraction of sp³-hybridized carbons (Fsp3) is 0.167. The van der Waals surface area contributed by atoms with Crippen molar-refractivity contribution in [3.63, 3.8) is 0 Å². The molecule has 41 heavy (non-hydrogen) atoms. The second kappa shape index (κ2) is 13.4. The van der Waals surface area contributed by atoms with E-state index in [1.54, 1.807) is 57.1 Å². The molecule has 0 radical (unpaired) electrons. The van der Waals surface area contributed by atoms with Crippen LogP contribution in [-0.4, -0.2) is 35.9 Å². The maximum absolute atomic E-state index is 13.3. The van der Waals surface area contributed by atoms with E-state index < -0.39 is 12.1 Å². The number of hydrogen-bond acceptors (Lipinski definition) is 7. The van der Waals surface area contributed by atoms with E-state index in [1.807, 2.05) is 36.4 Å². The molecular weight excluding hydrogens is 567 g/mol. The third-order valence-electron chi connectivity index (χ3n) is 6.56. The van der Waals surface area contributed by atoms with Crippen molar-refractivity contribution >= 4 is 45.8 Å². The fourth-order valence-corrected chi connectivity index (χ4v) is 4.94. The number of pyridine rings is 1. The Balaban J connectivity index is 0.00000387. The number of para-hydroxylation sites is 1. The molecule has 2 heterocycles. The number of anilines is 1. The van der Waals surface area contributed by atoms with Gasteiger partial charge >= 0.3 is 5.97 Å². The van der Waals surface area contributed by atoms with Crippen molar-refractivity contribution in [1.82, 2.24) is 10.2 Å². The summed E-state index contributed by atoms with van der Waals surface area (Å²) in [6, 6.07) is 18.6. The van der Waals surface area contributed by atoms with Gasteiger partial charge in [0.1, 0.15) is 16.1 Å². The maximum atomic E-state index is 13.3. The van der Waals surface area contributed by atoms with Gasteiger partial charge in [0.25, 0.3) is 0 Å². The van der Waals surface area contributed by atoms with Gasteiger partial charge in [-0.1, -0.05) is 53.5 Å². The van der Waals surface area contributed by atoms with E-state index in [0.29, 0.717) is 44.8 Å². The van der Waals surface area contributed by atoms with Crippen LogP contribution in [0.15, 0.2) is 79.3 Å². The molecule has 0 aliphatic rings. The van der Waals surface area contributed by atoms with Crippen LogP contribution in [0.4, 0.5) is 5.69 Å². The number of H-pyrrole nitrogens is 2. The van der Waals surface area contributed by atoms with Gasteiger partial charge in [-0.3, -0.25) is 5.10 Å². The number of halogens is 2. The second-order valence-corrected chi connectivity index (χ2v) is 9.85. The zero-order valence-electron chi connectivity index (χ0n) is 22.3. The molecule has 5 aromatic rings. The summed E-state index contributed by atoms with van der Waals surface area (Å²) >= 11 is 12.9. The molecule has 0 bridgehead atoms. The number of nitrogens with zero attached hydrogens (tertiary/aromatic N) is 1. The first-order valence-electron chi connectivity index (χ1n) is 12.5. The summed E-state index contributed by atoms with van der Waals surface area (Å²) in [5.74, 6) is 0.605.